The lowest BCUT2D eigenvalue weighted by atomic mass is 10.0. The molecule has 2 atom stereocenters. The maximum atomic E-state index is 11.0. The molecular weight excluding hydrogens is 168 g/mol. The van der Waals surface area contributed by atoms with Gasteiger partial charge in [0.25, 0.3) is 5.91 Å². The third-order valence-corrected chi connectivity index (χ3v) is 2.50. The van der Waals surface area contributed by atoms with Crippen molar-refractivity contribution in [1.82, 2.24) is 14.9 Å². The van der Waals surface area contributed by atoms with E-state index in [1.807, 2.05) is 4.57 Å². The molecule has 3 N–H and O–H groups in total. The molecule has 0 spiro atoms. The quantitative estimate of drug-likeness (QED) is 0.645. The van der Waals surface area contributed by atoms with Crippen molar-refractivity contribution < 1.29 is 4.79 Å². The SMILES string of the molecule is CC1NCC1n1cncc1C(N)=O. The van der Waals surface area contributed by atoms with Gasteiger partial charge in [-0.15, -0.1) is 0 Å². The van der Waals surface area contributed by atoms with Crippen LogP contribution in [-0.2, 0) is 0 Å². The lowest BCUT2D eigenvalue weighted by molar-refractivity contribution is 0.0984. The average molecular weight is 180 g/mol. The Bertz CT molecular complexity index is 333. The number of carbonyl (C=O) groups excluding carboxylic acids is 1. The molecule has 5 nitrogen and oxygen atoms in total. The largest absolute Gasteiger partial charge is 0.364 e. The highest BCUT2D eigenvalue weighted by molar-refractivity contribution is 5.90. The number of rotatable bonds is 2. The fraction of sp³-hybridized carbons (Fsp3) is 0.500. The Balaban J connectivity index is 2.29. The van der Waals surface area contributed by atoms with Crippen LogP contribution >= 0.6 is 0 Å². The number of carbonyl (C=O) groups is 1. The first-order valence-electron chi connectivity index (χ1n) is 4.25. The zero-order valence-electron chi connectivity index (χ0n) is 7.40. The van der Waals surface area contributed by atoms with E-state index in [-0.39, 0.29) is 0 Å². The molecule has 1 aliphatic heterocycles. The van der Waals surface area contributed by atoms with Crippen LogP contribution in [0.25, 0.3) is 0 Å². The summed E-state index contributed by atoms with van der Waals surface area (Å²) in [6, 6.07) is 0.692. The summed E-state index contributed by atoms with van der Waals surface area (Å²) < 4.78 is 1.84. The molecule has 5 heteroatoms. The Labute approximate surface area is 75.9 Å². The molecule has 2 rings (SSSR count). The highest BCUT2D eigenvalue weighted by Crippen LogP contribution is 2.20. The van der Waals surface area contributed by atoms with E-state index >= 15 is 0 Å². The zero-order chi connectivity index (χ0) is 9.42. The monoisotopic (exact) mass is 180 g/mol. The summed E-state index contributed by atoms with van der Waals surface area (Å²) in [7, 11) is 0. The van der Waals surface area contributed by atoms with E-state index in [1.165, 1.54) is 6.20 Å². The third kappa shape index (κ3) is 1.21. The predicted molar refractivity (Wildman–Crippen MR) is 47.2 cm³/mol. The zero-order valence-corrected chi connectivity index (χ0v) is 7.40. The van der Waals surface area contributed by atoms with Gasteiger partial charge in [-0.25, -0.2) is 4.98 Å². The molecule has 0 radical (unpaired) electrons. The van der Waals surface area contributed by atoms with Crippen molar-refractivity contribution >= 4 is 5.91 Å². The Hall–Kier alpha value is -1.36. The Morgan fingerprint density at radius 1 is 1.85 bits per heavy atom. The number of nitrogens with zero attached hydrogens (tertiary/aromatic N) is 2. The fourth-order valence-corrected chi connectivity index (χ4v) is 1.56. The van der Waals surface area contributed by atoms with Crippen molar-refractivity contribution in [3.8, 4) is 0 Å². The molecule has 1 aromatic heterocycles. The molecule has 1 fully saturated rings. The number of primary amides is 1. The molecular formula is C8H12N4O. The van der Waals surface area contributed by atoms with Gasteiger partial charge in [0.15, 0.2) is 0 Å². The molecule has 2 heterocycles. The van der Waals surface area contributed by atoms with Crippen molar-refractivity contribution in [2.24, 2.45) is 5.73 Å². The summed E-state index contributed by atoms with van der Waals surface area (Å²) in [6.45, 7) is 2.94. The second-order valence-electron chi connectivity index (χ2n) is 3.31. The second-order valence-corrected chi connectivity index (χ2v) is 3.31. The van der Waals surface area contributed by atoms with Gasteiger partial charge < -0.3 is 15.6 Å². The normalized spacial score (nSPS) is 26.8. The van der Waals surface area contributed by atoms with Gasteiger partial charge in [0.2, 0.25) is 0 Å². The number of nitrogens with one attached hydrogen (secondary N) is 1. The highest BCUT2D eigenvalue weighted by Gasteiger charge is 2.29. The smallest absolute Gasteiger partial charge is 0.266 e. The number of hydrogen-bond acceptors (Lipinski definition) is 3. The summed E-state index contributed by atoms with van der Waals surface area (Å²) in [4.78, 5) is 14.9. The van der Waals surface area contributed by atoms with Crippen LogP contribution in [-0.4, -0.2) is 28.0 Å². The van der Waals surface area contributed by atoms with Crippen molar-refractivity contribution in [3.05, 3.63) is 18.2 Å². The molecule has 0 saturated carbocycles. The summed E-state index contributed by atoms with van der Waals surface area (Å²) in [5.74, 6) is -0.420. The van der Waals surface area contributed by atoms with Crippen molar-refractivity contribution in [3.63, 3.8) is 0 Å². The molecule has 1 aliphatic rings. The van der Waals surface area contributed by atoms with Gasteiger partial charge in [0.05, 0.1) is 18.6 Å². The number of amides is 1. The van der Waals surface area contributed by atoms with Gasteiger partial charge in [-0.3, -0.25) is 4.79 Å². The first kappa shape index (κ1) is 8.25. The van der Waals surface area contributed by atoms with Crippen LogP contribution in [0.5, 0.6) is 0 Å². The van der Waals surface area contributed by atoms with E-state index in [0.29, 0.717) is 17.8 Å². The van der Waals surface area contributed by atoms with Gasteiger partial charge in [0, 0.05) is 12.6 Å². The van der Waals surface area contributed by atoms with Gasteiger partial charge in [-0.2, -0.15) is 0 Å². The topological polar surface area (TPSA) is 72.9 Å². The molecule has 2 unspecified atom stereocenters. The van der Waals surface area contributed by atoms with Crippen molar-refractivity contribution in [2.45, 2.75) is 19.0 Å². The first-order chi connectivity index (χ1) is 6.20. The Kier molecular flexibility index (Phi) is 1.81. The maximum absolute atomic E-state index is 11.0. The molecule has 0 aromatic carbocycles. The maximum Gasteiger partial charge on any atom is 0.266 e. The number of nitrogens with two attached hydrogens (primary N) is 1. The lowest BCUT2D eigenvalue weighted by Gasteiger charge is -2.36. The van der Waals surface area contributed by atoms with Crippen LogP contribution in [0.1, 0.15) is 23.5 Å². The molecule has 1 aromatic rings. The van der Waals surface area contributed by atoms with E-state index < -0.39 is 5.91 Å². The fourth-order valence-electron chi connectivity index (χ4n) is 1.56. The summed E-state index contributed by atoms with van der Waals surface area (Å²) in [6.07, 6.45) is 3.16. The summed E-state index contributed by atoms with van der Waals surface area (Å²) in [5, 5.41) is 3.21. The molecule has 1 saturated heterocycles. The lowest BCUT2D eigenvalue weighted by Crippen LogP contribution is -2.52. The minimum atomic E-state index is -0.420. The summed E-state index contributed by atoms with van der Waals surface area (Å²) in [5.41, 5.74) is 5.69. The number of hydrogen-bond donors (Lipinski definition) is 2. The van der Waals surface area contributed by atoms with Crippen LogP contribution in [0, 0.1) is 0 Å². The Morgan fingerprint density at radius 3 is 3.08 bits per heavy atom. The van der Waals surface area contributed by atoms with E-state index in [4.69, 9.17) is 5.73 Å². The van der Waals surface area contributed by atoms with E-state index in [1.54, 1.807) is 6.33 Å². The van der Waals surface area contributed by atoms with Crippen LogP contribution in [0.2, 0.25) is 0 Å². The highest BCUT2D eigenvalue weighted by atomic mass is 16.1. The van der Waals surface area contributed by atoms with Crippen LogP contribution in [0.15, 0.2) is 12.5 Å². The third-order valence-electron chi connectivity index (χ3n) is 2.50. The van der Waals surface area contributed by atoms with E-state index in [0.717, 1.165) is 6.54 Å². The van der Waals surface area contributed by atoms with Crippen LogP contribution < -0.4 is 11.1 Å². The summed E-state index contributed by atoms with van der Waals surface area (Å²) >= 11 is 0. The first-order valence-corrected chi connectivity index (χ1v) is 4.25. The van der Waals surface area contributed by atoms with Crippen molar-refractivity contribution in [1.29, 1.82) is 0 Å². The van der Waals surface area contributed by atoms with E-state index in [2.05, 4.69) is 17.2 Å². The van der Waals surface area contributed by atoms with Gasteiger partial charge in [-0.1, -0.05) is 0 Å². The van der Waals surface area contributed by atoms with Crippen LogP contribution in [0.4, 0.5) is 0 Å². The molecule has 70 valence electrons. The van der Waals surface area contributed by atoms with E-state index in [9.17, 15) is 4.79 Å². The molecule has 1 amide bonds. The second kappa shape index (κ2) is 2.85. The average Bonchev–Trinajstić information content (AvgIpc) is 2.50. The number of imidazole rings is 1. The molecule has 0 bridgehead atoms. The molecule has 13 heavy (non-hydrogen) atoms. The standard InChI is InChI=1S/C8H12N4O/c1-5-6(3-11-5)12-4-10-2-7(12)8(9)13/h2,4-6,11H,3H2,1H3,(H2,9,13). The Morgan fingerprint density at radius 2 is 2.62 bits per heavy atom. The minimum absolute atomic E-state index is 0.310. The molecule has 0 aliphatic carbocycles. The predicted octanol–water partition coefficient (Wildman–Crippen LogP) is -0.485. The van der Waals surface area contributed by atoms with Crippen molar-refractivity contribution in [2.75, 3.05) is 6.54 Å². The van der Waals surface area contributed by atoms with Gasteiger partial charge in [-0.05, 0) is 6.92 Å². The van der Waals surface area contributed by atoms with Crippen LogP contribution in [0.3, 0.4) is 0 Å². The number of aromatic nitrogens is 2. The van der Waals surface area contributed by atoms with Gasteiger partial charge >= 0.3 is 0 Å². The van der Waals surface area contributed by atoms with Gasteiger partial charge in [0.1, 0.15) is 5.69 Å². The minimum Gasteiger partial charge on any atom is -0.364 e.